The van der Waals surface area contributed by atoms with Crippen molar-refractivity contribution in [3.63, 3.8) is 0 Å². The number of benzene rings is 1. The van der Waals surface area contributed by atoms with Crippen LogP contribution in [0, 0.1) is 25.2 Å². The van der Waals surface area contributed by atoms with Crippen LogP contribution < -0.4 is 4.90 Å². The largest absolute Gasteiger partial charge is 0.438 e. The van der Waals surface area contributed by atoms with Crippen LogP contribution in [-0.2, 0) is 10.2 Å². The highest BCUT2D eigenvalue weighted by molar-refractivity contribution is 7.09. The van der Waals surface area contributed by atoms with Crippen LogP contribution >= 0.6 is 11.3 Å². The SMILES string of the molecule is COCC(C)(C)c1nc2c(C#N)c(C)c(-c3csc(C)n3)c(N3CC[C@H](N(C)C)C3)c2o1. The average Bonchev–Trinajstić information content (AvgIpc) is 3.46. The summed E-state index contributed by atoms with van der Waals surface area (Å²) in [6, 6.07) is 2.85. The maximum absolute atomic E-state index is 10.1. The first kappa shape index (κ1) is 22.7. The van der Waals surface area contributed by atoms with E-state index in [1.807, 2.05) is 27.7 Å². The van der Waals surface area contributed by atoms with Gasteiger partial charge in [-0.25, -0.2) is 9.97 Å². The molecule has 32 heavy (non-hydrogen) atoms. The Morgan fingerprint density at radius 3 is 2.66 bits per heavy atom. The zero-order chi connectivity index (χ0) is 23.2. The van der Waals surface area contributed by atoms with Crippen LogP contribution in [0.1, 0.15) is 42.3 Å². The summed E-state index contributed by atoms with van der Waals surface area (Å²) in [7, 11) is 5.92. The van der Waals surface area contributed by atoms with Crippen LogP contribution in [0.3, 0.4) is 0 Å². The Bertz CT molecular complexity index is 1190. The van der Waals surface area contributed by atoms with E-state index in [9.17, 15) is 5.26 Å². The second-order valence-electron chi connectivity index (χ2n) is 9.45. The molecule has 0 bridgehead atoms. The number of rotatable bonds is 6. The molecule has 4 rings (SSSR count). The number of fused-ring (bicyclic) bond motifs is 1. The fraction of sp³-hybridized carbons (Fsp3) is 0.542. The number of anilines is 1. The van der Waals surface area contributed by atoms with Crippen molar-refractivity contribution in [1.82, 2.24) is 14.9 Å². The topological polar surface area (TPSA) is 78.4 Å². The van der Waals surface area contributed by atoms with Gasteiger partial charge in [0.25, 0.3) is 0 Å². The molecule has 0 spiro atoms. The lowest BCUT2D eigenvalue weighted by Gasteiger charge is -2.25. The molecular weight excluding hydrogens is 422 g/mol. The van der Waals surface area contributed by atoms with E-state index < -0.39 is 5.41 Å². The summed E-state index contributed by atoms with van der Waals surface area (Å²) in [4.78, 5) is 14.3. The van der Waals surface area contributed by atoms with Crippen LogP contribution in [-0.4, -0.2) is 61.8 Å². The maximum Gasteiger partial charge on any atom is 0.203 e. The summed E-state index contributed by atoms with van der Waals surface area (Å²) in [6.07, 6.45) is 1.07. The molecule has 0 saturated carbocycles. The first-order chi connectivity index (χ1) is 15.2. The van der Waals surface area contributed by atoms with Crippen LogP contribution in [0.15, 0.2) is 9.80 Å². The Morgan fingerprint density at radius 1 is 1.34 bits per heavy atom. The molecule has 8 heteroatoms. The predicted molar refractivity (Wildman–Crippen MR) is 129 cm³/mol. The molecule has 0 unspecified atom stereocenters. The molecule has 1 aliphatic rings. The fourth-order valence-electron chi connectivity index (χ4n) is 4.55. The number of nitriles is 1. The summed E-state index contributed by atoms with van der Waals surface area (Å²) in [5.41, 5.74) is 5.20. The van der Waals surface area contributed by atoms with Crippen molar-refractivity contribution in [3.8, 4) is 17.3 Å². The monoisotopic (exact) mass is 453 g/mol. The van der Waals surface area contributed by atoms with E-state index in [0.29, 0.717) is 35.2 Å². The van der Waals surface area contributed by atoms with Crippen LogP contribution in [0.4, 0.5) is 5.69 Å². The molecule has 2 aromatic heterocycles. The Morgan fingerprint density at radius 2 is 2.09 bits per heavy atom. The van der Waals surface area contributed by atoms with Gasteiger partial charge in [-0.1, -0.05) is 0 Å². The standard InChI is InChI=1S/C24H31N5O2S/c1-14-17(10-25)20-22(31-23(27-20)24(3,4)13-30-7)21(19(14)18-12-32-15(2)26-18)29-9-8-16(11-29)28(5)6/h12,16H,8-9,11,13H2,1-7H3/t16-/m0/s1. The van der Waals surface area contributed by atoms with Crippen molar-refractivity contribution in [2.75, 3.05) is 45.8 Å². The van der Waals surface area contributed by atoms with E-state index in [-0.39, 0.29) is 0 Å². The highest BCUT2D eigenvalue weighted by atomic mass is 32.1. The molecule has 3 heterocycles. The Hall–Kier alpha value is -2.47. The Balaban J connectivity index is 2.02. The van der Waals surface area contributed by atoms with Crippen LogP contribution in [0.2, 0.25) is 0 Å². The summed E-state index contributed by atoms with van der Waals surface area (Å²) < 4.78 is 11.9. The maximum atomic E-state index is 10.1. The van der Waals surface area contributed by atoms with Crippen molar-refractivity contribution in [2.45, 2.75) is 45.6 Å². The molecule has 7 nitrogen and oxygen atoms in total. The zero-order valence-corrected chi connectivity index (χ0v) is 20.8. The lowest BCUT2D eigenvalue weighted by Crippen LogP contribution is -2.31. The minimum absolute atomic E-state index is 0.416. The number of nitrogens with zero attached hydrogens (tertiary/aromatic N) is 5. The lowest BCUT2D eigenvalue weighted by molar-refractivity contribution is 0.132. The second kappa shape index (κ2) is 8.47. The number of thiazole rings is 1. The number of aryl methyl sites for hydroxylation is 1. The van der Waals surface area contributed by atoms with Gasteiger partial charge in [0.05, 0.1) is 34.0 Å². The molecule has 1 atom stereocenters. The first-order valence-corrected chi connectivity index (χ1v) is 11.8. The molecular formula is C24H31N5O2S. The van der Waals surface area contributed by atoms with Gasteiger partial charge >= 0.3 is 0 Å². The molecule has 1 fully saturated rings. The normalized spacial score (nSPS) is 17.0. The van der Waals surface area contributed by atoms with E-state index in [1.165, 1.54) is 0 Å². The van der Waals surface area contributed by atoms with Crippen molar-refractivity contribution in [2.24, 2.45) is 0 Å². The van der Waals surface area contributed by atoms with Gasteiger partial charge in [0.15, 0.2) is 5.58 Å². The molecule has 0 amide bonds. The van der Waals surface area contributed by atoms with E-state index in [0.717, 1.165) is 47.0 Å². The van der Waals surface area contributed by atoms with Crippen LogP contribution in [0.25, 0.3) is 22.4 Å². The third-order valence-corrected chi connectivity index (χ3v) is 7.12. The number of oxazole rings is 1. The average molecular weight is 454 g/mol. The summed E-state index contributed by atoms with van der Waals surface area (Å²) in [5.74, 6) is 0.585. The molecule has 0 aliphatic carbocycles. The smallest absolute Gasteiger partial charge is 0.203 e. The predicted octanol–water partition coefficient (Wildman–Crippen LogP) is 4.50. The van der Waals surface area contributed by atoms with Crippen molar-refractivity contribution in [1.29, 1.82) is 5.26 Å². The molecule has 3 aromatic rings. The van der Waals surface area contributed by atoms with Gasteiger partial charge in [0, 0.05) is 37.2 Å². The van der Waals surface area contributed by atoms with Crippen molar-refractivity contribution in [3.05, 3.63) is 27.4 Å². The fourth-order valence-corrected chi connectivity index (χ4v) is 5.16. The molecule has 0 radical (unpaired) electrons. The van der Waals surface area contributed by atoms with Crippen molar-refractivity contribution >= 4 is 28.1 Å². The van der Waals surface area contributed by atoms with Gasteiger partial charge in [0.2, 0.25) is 5.89 Å². The van der Waals surface area contributed by atoms with Gasteiger partial charge in [-0.3, -0.25) is 0 Å². The van der Waals surface area contributed by atoms with Gasteiger partial charge in [-0.05, 0) is 53.8 Å². The minimum atomic E-state index is -0.416. The first-order valence-electron chi connectivity index (χ1n) is 10.9. The van der Waals surface area contributed by atoms with Gasteiger partial charge in [0.1, 0.15) is 11.6 Å². The van der Waals surface area contributed by atoms with Crippen LogP contribution in [0.5, 0.6) is 0 Å². The van der Waals surface area contributed by atoms with Crippen molar-refractivity contribution < 1.29 is 9.15 Å². The van der Waals surface area contributed by atoms with E-state index in [4.69, 9.17) is 19.1 Å². The Labute approximate surface area is 193 Å². The third kappa shape index (κ3) is 3.79. The quantitative estimate of drug-likeness (QED) is 0.543. The summed E-state index contributed by atoms with van der Waals surface area (Å²) in [5, 5.41) is 13.2. The highest BCUT2D eigenvalue weighted by Gasteiger charge is 2.34. The van der Waals surface area contributed by atoms with E-state index >= 15 is 0 Å². The Kier molecular flexibility index (Phi) is 6.01. The number of likely N-dealkylation sites (N-methyl/N-ethyl adjacent to an activating group) is 1. The lowest BCUT2D eigenvalue weighted by atomic mass is 9.95. The second-order valence-corrected chi connectivity index (χ2v) is 10.5. The van der Waals surface area contributed by atoms with E-state index in [1.54, 1.807) is 18.4 Å². The van der Waals surface area contributed by atoms with Gasteiger partial charge in [-0.2, -0.15) is 5.26 Å². The van der Waals surface area contributed by atoms with E-state index in [2.05, 4.69) is 35.3 Å². The number of aromatic nitrogens is 2. The summed E-state index contributed by atoms with van der Waals surface area (Å²) >= 11 is 1.62. The number of ether oxygens (including phenoxy) is 1. The number of methoxy groups -OCH3 is 1. The van der Waals surface area contributed by atoms with Gasteiger partial charge in [-0.15, -0.1) is 11.3 Å². The summed E-state index contributed by atoms with van der Waals surface area (Å²) in [6.45, 7) is 10.4. The van der Waals surface area contributed by atoms with Gasteiger partial charge < -0.3 is 19.0 Å². The zero-order valence-electron chi connectivity index (χ0n) is 19.9. The molecule has 0 N–H and O–H groups in total. The third-order valence-electron chi connectivity index (χ3n) is 6.35. The number of hydrogen-bond donors (Lipinski definition) is 0. The molecule has 170 valence electrons. The number of hydrogen-bond acceptors (Lipinski definition) is 8. The molecule has 1 saturated heterocycles. The highest BCUT2D eigenvalue weighted by Crippen LogP contribution is 2.45. The molecule has 1 aliphatic heterocycles. The minimum Gasteiger partial charge on any atom is -0.438 e. The molecule has 1 aromatic carbocycles.